The molecule has 1 saturated carbocycles. The van der Waals surface area contributed by atoms with Crippen molar-refractivity contribution in [2.45, 2.75) is 31.6 Å². The van der Waals surface area contributed by atoms with Gasteiger partial charge in [-0.1, -0.05) is 36.4 Å². The van der Waals surface area contributed by atoms with E-state index in [0.717, 1.165) is 11.3 Å². The lowest BCUT2D eigenvalue weighted by Gasteiger charge is -2.37. The summed E-state index contributed by atoms with van der Waals surface area (Å²) in [6, 6.07) is 15.2. The summed E-state index contributed by atoms with van der Waals surface area (Å²) in [5, 5.41) is 12.6. The third kappa shape index (κ3) is 4.40. The molecule has 1 atom stereocenters. The number of ether oxygens (including phenoxy) is 1. The van der Waals surface area contributed by atoms with Crippen molar-refractivity contribution < 1.29 is 14.6 Å². The monoisotopic (exact) mass is 326 g/mol. The van der Waals surface area contributed by atoms with E-state index < -0.39 is 0 Å². The summed E-state index contributed by atoms with van der Waals surface area (Å²) in [6.07, 6.45) is 2.82. The molecule has 1 aromatic heterocycles. The normalized spacial score (nSPS) is 20.9. The number of amides is 1. The largest absolute Gasteiger partial charge is 0.393 e. The Morgan fingerprint density at radius 2 is 1.96 bits per heavy atom. The number of aromatic nitrogens is 1. The first kappa shape index (κ1) is 16.6. The van der Waals surface area contributed by atoms with E-state index >= 15 is 0 Å². The number of aliphatic hydroxyl groups is 1. The first-order chi connectivity index (χ1) is 11.7. The van der Waals surface area contributed by atoms with Gasteiger partial charge in [0.05, 0.1) is 24.4 Å². The zero-order chi connectivity index (χ0) is 16.8. The van der Waals surface area contributed by atoms with E-state index in [0.29, 0.717) is 19.4 Å². The molecule has 5 heteroatoms. The average molecular weight is 326 g/mol. The maximum Gasteiger partial charge on any atom is 0.246 e. The van der Waals surface area contributed by atoms with E-state index in [1.165, 1.54) is 0 Å². The zero-order valence-corrected chi connectivity index (χ0v) is 13.5. The van der Waals surface area contributed by atoms with Crippen molar-refractivity contribution >= 4 is 5.91 Å². The highest BCUT2D eigenvalue weighted by Crippen LogP contribution is 2.37. The minimum atomic E-state index is -0.271. The van der Waals surface area contributed by atoms with Crippen molar-refractivity contribution in [3.8, 4) is 0 Å². The number of pyridine rings is 1. The highest BCUT2D eigenvalue weighted by Gasteiger charge is 2.36. The summed E-state index contributed by atoms with van der Waals surface area (Å²) < 4.78 is 5.49. The van der Waals surface area contributed by atoms with Gasteiger partial charge in [-0.3, -0.25) is 9.78 Å². The van der Waals surface area contributed by atoms with Gasteiger partial charge in [0.15, 0.2) is 0 Å². The molecule has 0 bridgehead atoms. The molecule has 0 aliphatic heterocycles. The van der Waals surface area contributed by atoms with E-state index in [-0.39, 0.29) is 30.6 Å². The number of benzene rings is 1. The topological polar surface area (TPSA) is 71.5 Å². The molecule has 5 nitrogen and oxygen atoms in total. The van der Waals surface area contributed by atoms with Gasteiger partial charge in [0.25, 0.3) is 0 Å². The molecule has 1 fully saturated rings. The Balaban J connectivity index is 1.53. The average Bonchev–Trinajstić information content (AvgIpc) is 2.59. The second-order valence-electron chi connectivity index (χ2n) is 6.16. The highest BCUT2D eigenvalue weighted by molar-refractivity contribution is 5.77. The fourth-order valence-corrected chi connectivity index (χ4v) is 2.95. The van der Waals surface area contributed by atoms with Crippen molar-refractivity contribution in [2.75, 3.05) is 6.61 Å². The number of rotatable bonds is 7. The number of hydrogen-bond acceptors (Lipinski definition) is 4. The SMILES string of the molecule is O=C(COCc1ccccc1)N[C@@H](c1ccccn1)C1CC(O)C1. The Kier molecular flexibility index (Phi) is 5.56. The van der Waals surface area contributed by atoms with Crippen molar-refractivity contribution in [1.82, 2.24) is 10.3 Å². The van der Waals surface area contributed by atoms with E-state index in [9.17, 15) is 9.90 Å². The number of carbonyl (C=O) groups is 1. The van der Waals surface area contributed by atoms with Crippen molar-refractivity contribution in [2.24, 2.45) is 5.92 Å². The lowest BCUT2D eigenvalue weighted by atomic mass is 9.76. The number of hydrogen-bond donors (Lipinski definition) is 2. The predicted molar refractivity (Wildman–Crippen MR) is 89.9 cm³/mol. The van der Waals surface area contributed by atoms with Gasteiger partial charge < -0.3 is 15.2 Å². The molecule has 1 heterocycles. The minimum Gasteiger partial charge on any atom is -0.393 e. The molecule has 2 N–H and O–H groups in total. The van der Waals surface area contributed by atoms with E-state index in [2.05, 4.69) is 10.3 Å². The van der Waals surface area contributed by atoms with Crippen LogP contribution in [0.4, 0.5) is 0 Å². The van der Waals surface area contributed by atoms with Crippen LogP contribution in [0.5, 0.6) is 0 Å². The molecular formula is C19H22N2O3. The second-order valence-corrected chi connectivity index (χ2v) is 6.16. The van der Waals surface area contributed by atoms with Gasteiger partial charge >= 0.3 is 0 Å². The maximum absolute atomic E-state index is 12.2. The van der Waals surface area contributed by atoms with Crippen LogP contribution in [0.2, 0.25) is 0 Å². The predicted octanol–water partition coefficient (Wildman–Crippen LogP) is 2.23. The molecular weight excluding hydrogens is 304 g/mol. The molecule has 1 aliphatic rings. The third-order valence-electron chi connectivity index (χ3n) is 4.29. The lowest BCUT2D eigenvalue weighted by molar-refractivity contribution is -0.128. The fourth-order valence-electron chi connectivity index (χ4n) is 2.95. The summed E-state index contributed by atoms with van der Waals surface area (Å²) in [5.74, 6) is 0.0518. The zero-order valence-electron chi connectivity index (χ0n) is 13.5. The Labute approximate surface area is 141 Å². The summed E-state index contributed by atoms with van der Waals surface area (Å²) in [5.41, 5.74) is 1.86. The Bertz CT molecular complexity index is 642. The number of aliphatic hydroxyl groups excluding tert-OH is 1. The molecule has 126 valence electrons. The van der Waals surface area contributed by atoms with Crippen LogP contribution in [0.3, 0.4) is 0 Å². The van der Waals surface area contributed by atoms with Crippen LogP contribution in [-0.4, -0.2) is 28.7 Å². The number of carbonyl (C=O) groups excluding carboxylic acids is 1. The van der Waals surface area contributed by atoms with Crippen LogP contribution in [0.25, 0.3) is 0 Å². The van der Waals surface area contributed by atoms with Gasteiger partial charge in [-0.2, -0.15) is 0 Å². The summed E-state index contributed by atoms with van der Waals surface area (Å²) >= 11 is 0. The second kappa shape index (κ2) is 8.04. The summed E-state index contributed by atoms with van der Waals surface area (Å²) in [6.45, 7) is 0.415. The minimum absolute atomic E-state index is 0.00744. The molecule has 1 aliphatic carbocycles. The maximum atomic E-state index is 12.2. The van der Waals surface area contributed by atoms with Gasteiger partial charge in [0, 0.05) is 6.20 Å². The molecule has 24 heavy (non-hydrogen) atoms. The molecule has 2 aromatic rings. The van der Waals surface area contributed by atoms with Crippen LogP contribution < -0.4 is 5.32 Å². The standard InChI is InChI=1S/C19H22N2O3/c22-16-10-15(11-16)19(17-8-4-5-9-20-17)21-18(23)13-24-12-14-6-2-1-3-7-14/h1-9,15-16,19,22H,10-13H2,(H,21,23)/t15?,16?,19-/m1/s1. The van der Waals surface area contributed by atoms with Crippen LogP contribution in [0.15, 0.2) is 54.7 Å². The van der Waals surface area contributed by atoms with Gasteiger partial charge in [0.1, 0.15) is 6.61 Å². The van der Waals surface area contributed by atoms with Crippen molar-refractivity contribution in [3.05, 3.63) is 66.0 Å². The van der Waals surface area contributed by atoms with Crippen LogP contribution in [0.1, 0.15) is 30.1 Å². The molecule has 3 rings (SSSR count). The van der Waals surface area contributed by atoms with Crippen LogP contribution >= 0.6 is 0 Å². The molecule has 0 spiro atoms. The molecule has 1 aromatic carbocycles. The molecule has 0 radical (unpaired) electrons. The van der Waals surface area contributed by atoms with E-state index in [1.54, 1.807) is 6.20 Å². The first-order valence-electron chi connectivity index (χ1n) is 8.22. The molecule has 0 saturated heterocycles. The quantitative estimate of drug-likeness (QED) is 0.818. The van der Waals surface area contributed by atoms with Gasteiger partial charge in [-0.25, -0.2) is 0 Å². The molecule has 1 amide bonds. The Morgan fingerprint density at radius 1 is 1.21 bits per heavy atom. The van der Waals surface area contributed by atoms with Crippen LogP contribution in [-0.2, 0) is 16.1 Å². The third-order valence-corrected chi connectivity index (χ3v) is 4.29. The molecule has 0 unspecified atom stereocenters. The van der Waals surface area contributed by atoms with Gasteiger partial charge in [0.2, 0.25) is 5.91 Å². The van der Waals surface area contributed by atoms with Crippen LogP contribution in [0, 0.1) is 5.92 Å². The number of nitrogens with one attached hydrogen (secondary N) is 1. The highest BCUT2D eigenvalue weighted by atomic mass is 16.5. The summed E-state index contributed by atoms with van der Waals surface area (Å²) in [7, 11) is 0. The van der Waals surface area contributed by atoms with Gasteiger partial charge in [-0.05, 0) is 36.5 Å². The van der Waals surface area contributed by atoms with Gasteiger partial charge in [-0.15, -0.1) is 0 Å². The summed E-state index contributed by atoms with van der Waals surface area (Å²) in [4.78, 5) is 16.6. The Hall–Kier alpha value is -2.24. The first-order valence-corrected chi connectivity index (χ1v) is 8.22. The van der Waals surface area contributed by atoms with E-state index in [1.807, 2.05) is 48.5 Å². The Morgan fingerprint density at radius 3 is 2.62 bits per heavy atom. The van der Waals surface area contributed by atoms with Crippen molar-refractivity contribution in [3.63, 3.8) is 0 Å². The smallest absolute Gasteiger partial charge is 0.246 e. The fraction of sp³-hybridized carbons (Fsp3) is 0.368. The van der Waals surface area contributed by atoms with E-state index in [4.69, 9.17) is 4.74 Å². The lowest BCUT2D eigenvalue weighted by Crippen LogP contribution is -2.42. The van der Waals surface area contributed by atoms with Crippen molar-refractivity contribution in [1.29, 1.82) is 0 Å². The number of nitrogens with zero attached hydrogens (tertiary/aromatic N) is 1.